The van der Waals surface area contributed by atoms with E-state index in [9.17, 15) is 0 Å². The normalized spacial score (nSPS) is 18.2. The number of rotatable bonds is 4. The van der Waals surface area contributed by atoms with Crippen molar-refractivity contribution in [1.29, 1.82) is 0 Å². The molecule has 0 amide bonds. The van der Waals surface area contributed by atoms with Crippen molar-refractivity contribution in [3.63, 3.8) is 0 Å². The van der Waals surface area contributed by atoms with Crippen LogP contribution in [0.4, 0.5) is 0 Å². The zero-order chi connectivity index (χ0) is 11.5. The molecule has 3 rings (SSSR count). The first-order valence-electron chi connectivity index (χ1n) is 5.73. The standard InChI is InChI=1S/C13H14N2S2/c1-2-4-13-12(3-1)10(8-16-13)5-14-6-11-7-15-9-17-11/h1-4,7,9-10,14H,5-6,8H2. The molecule has 1 aromatic carbocycles. The Morgan fingerprint density at radius 3 is 3.18 bits per heavy atom. The maximum Gasteiger partial charge on any atom is 0.0794 e. The molecule has 2 heterocycles. The molecule has 1 atom stereocenters. The Bertz CT molecular complexity index is 482. The lowest BCUT2D eigenvalue weighted by atomic mass is 10.0. The van der Waals surface area contributed by atoms with E-state index in [1.807, 2.05) is 23.5 Å². The molecular weight excluding hydrogens is 248 g/mol. The second-order valence-electron chi connectivity index (χ2n) is 4.14. The van der Waals surface area contributed by atoms with Crippen LogP contribution in [0.1, 0.15) is 16.4 Å². The van der Waals surface area contributed by atoms with Gasteiger partial charge in [0.05, 0.1) is 5.51 Å². The van der Waals surface area contributed by atoms with Crippen molar-refractivity contribution in [2.24, 2.45) is 0 Å². The molecule has 4 heteroatoms. The number of nitrogens with one attached hydrogen (secondary N) is 1. The van der Waals surface area contributed by atoms with Crippen molar-refractivity contribution >= 4 is 23.1 Å². The smallest absolute Gasteiger partial charge is 0.0794 e. The first kappa shape index (κ1) is 11.3. The zero-order valence-electron chi connectivity index (χ0n) is 9.43. The summed E-state index contributed by atoms with van der Waals surface area (Å²) in [6.07, 6.45) is 1.94. The van der Waals surface area contributed by atoms with Crippen LogP contribution >= 0.6 is 23.1 Å². The highest BCUT2D eigenvalue weighted by molar-refractivity contribution is 7.99. The highest BCUT2D eigenvalue weighted by Crippen LogP contribution is 2.38. The molecule has 0 spiro atoms. The van der Waals surface area contributed by atoms with Gasteiger partial charge in [-0.1, -0.05) is 18.2 Å². The summed E-state index contributed by atoms with van der Waals surface area (Å²) in [5, 5.41) is 3.53. The van der Waals surface area contributed by atoms with Gasteiger partial charge in [0.25, 0.3) is 0 Å². The number of hydrogen-bond donors (Lipinski definition) is 1. The van der Waals surface area contributed by atoms with Crippen molar-refractivity contribution in [1.82, 2.24) is 10.3 Å². The molecule has 1 aromatic heterocycles. The highest BCUT2D eigenvalue weighted by Gasteiger charge is 2.21. The van der Waals surface area contributed by atoms with Gasteiger partial charge >= 0.3 is 0 Å². The van der Waals surface area contributed by atoms with Crippen LogP contribution in [0.3, 0.4) is 0 Å². The Kier molecular flexibility index (Phi) is 3.45. The molecule has 0 radical (unpaired) electrons. The monoisotopic (exact) mass is 262 g/mol. The van der Waals surface area contributed by atoms with Gasteiger partial charge in [0, 0.05) is 40.7 Å². The van der Waals surface area contributed by atoms with Gasteiger partial charge in [-0.25, -0.2) is 0 Å². The second-order valence-corrected chi connectivity index (χ2v) is 6.18. The Morgan fingerprint density at radius 2 is 2.29 bits per heavy atom. The summed E-state index contributed by atoms with van der Waals surface area (Å²) in [6, 6.07) is 8.75. The third-order valence-electron chi connectivity index (χ3n) is 2.97. The summed E-state index contributed by atoms with van der Waals surface area (Å²) < 4.78 is 0. The fraction of sp³-hybridized carbons (Fsp3) is 0.308. The first-order chi connectivity index (χ1) is 8.43. The molecule has 1 unspecified atom stereocenters. The van der Waals surface area contributed by atoms with Crippen LogP contribution in [-0.2, 0) is 6.54 Å². The maximum absolute atomic E-state index is 4.08. The topological polar surface area (TPSA) is 24.9 Å². The van der Waals surface area contributed by atoms with Gasteiger partial charge < -0.3 is 5.32 Å². The number of fused-ring (bicyclic) bond motifs is 1. The highest BCUT2D eigenvalue weighted by atomic mass is 32.2. The van der Waals surface area contributed by atoms with Crippen molar-refractivity contribution in [3.05, 3.63) is 46.4 Å². The van der Waals surface area contributed by atoms with Crippen LogP contribution < -0.4 is 5.32 Å². The number of nitrogens with zero attached hydrogens (tertiary/aromatic N) is 1. The minimum Gasteiger partial charge on any atom is -0.311 e. The van der Waals surface area contributed by atoms with Crippen LogP contribution in [0, 0.1) is 0 Å². The second kappa shape index (κ2) is 5.21. The Hall–Kier alpha value is -0.840. The minimum absolute atomic E-state index is 0.657. The molecule has 88 valence electrons. The summed E-state index contributed by atoms with van der Waals surface area (Å²) in [5.74, 6) is 1.86. The summed E-state index contributed by atoms with van der Waals surface area (Å²) in [5.41, 5.74) is 3.40. The van der Waals surface area contributed by atoms with Gasteiger partial charge in [-0.2, -0.15) is 0 Å². The summed E-state index contributed by atoms with van der Waals surface area (Å²) in [7, 11) is 0. The molecule has 17 heavy (non-hydrogen) atoms. The number of thiazole rings is 1. The fourth-order valence-corrected chi connectivity index (χ4v) is 3.92. The van der Waals surface area contributed by atoms with Gasteiger partial charge in [-0.05, 0) is 11.6 Å². The molecule has 2 aromatic rings. The molecule has 0 fully saturated rings. The molecule has 0 saturated heterocycles. The molecule has 0 bridgehead atoms. The average molecular weight is 262 g/mol. The SMILES string of the molecule is c1ccc2c(c1)SCC2CNCc1cncs1. The Labute approximate surface area is 109 Å². The van der Waals surface area contributed by atoms with Gasteiger partial charge in [-0.15, -0.1) is 23.1 Å². The van der Waals surface area contributed by atoms with Crippen molar-refractivity contribution in [2.75, 3.05) is 12.3 Å². The minimum atomic E-state index is 0.657. The van der Waals surface area contributed by atoms with Gasteiger partial charge in [0.2, 0.25) is 0 Å². The van der Waals surface area contributed by atoms with E-state index in [-0.39, 0.29) is 0 Å². The number of benzene rings is 1. The fourth-order valence-electron chi connectivity index (χ4n) is 2.10. The predicted molar refractivity (Wildman–Crippen MR) is 73.7 cm³/mol. The van der Waals surface area contributed by atoms with E-state index < -0.39 is 0 Å². The molecule has 1 aliphatic rings. The van der Waals surface area contributed by atoms with Crippen LogP contribution in [0.25, 0.3) is 0 Å². The molecule has 0 aliphatic carbocycles. The third kappa shape index (κ3) is 2.54. The third-order valence-corrected chi connectivity index (χ3v) is 5.00. The van der Waals surface area contributed by atoms with E-state index in [0.717, 1.165) is 13.1 Å². The van der Waals surface area contributed by atoms with Crippen LogP contribution in [-0.4, -0.2) is 17.3 Å². The van der Waals surface area contributed by atoms with Crippen LogP contribution in [0.15, 0.2) is 40.9 Å². The molecule has 0 saturated carbocycles. The van der Waals surface area contributed by atoms with Crippen LogP contribution in [0.5, 0.6) is 0 Å². The molecule has 2 nitrogen and oxygen atoms in total. The van der Waals surface area contributed by atoms with E-state index in [1.165, 1.54) is 21.1 Å². The largest absolute Gasteiger partial charge is 0.311 e. The lowest BCUT2D eigenvalue weighted by Crippen LogP contribution is -2.20. The zero-order valence-corrected chi connectivity index (χ0v) is 11.1. The quantitative estimate of drug-likeness (QED) is 0.916. The van der Waals surface area contributed by atoms with Crippen molar-refractivity contribution < 1.29 is 0 Å². The average Bonchev–Trinajstić information content (AvgIpc) is 2.99. The molecule has 1 N–H and O–H groups in total. The predicted octanol–water partition coefficient (Wildman–Crippen LogP) is 3.12. The maximum atomic E-state index is 4.08. The Morgan fingerprint density at radius 1 is 1.35 bits per heavy atom. The summed E-state index contributed by atoms with van der Waals surface area (Å²) >= 11 is 3.69. The van der Waals surface area contributed by atoms with Crippen molar-refractivity contribution in [3.8, 4) is 0 Å². The lowest BCUT2D eigenvalue weighted by molar-refractivity contribution is 0.625. The Balaban J connectivity index is 1.57. The van der Waals surface area contributed by atoms with E-state index in [0.29, 0.717) is 5.92 Å². The van der Waals surface area contributed by atoms with Crippen LogP contribution in [0.2, 0.25) is 0 Å². The van der Waals surface area contributed by atoms with E-state index >= 15 is 0 Å². The summed E-state index contributed by atoms with van der Waals surface area (Å²) in [6.45, 7) is 2.00. The molecule has 1 aliphatic heterocycles. The lowest BCUT2D eigenvalue weighted by Gasteiger charge is -2.11. The summed E-state index contributed by atoms with van der Waals surface area (Å²) in [4.78, 5) is 6.85. The van der Waals surface area contributed by atoms with Gasteiger partial charge in [0.15, 0.2) is 0 Å². The van der Waals surface area contributed by atoms with E-state index in [4.69, 9.17) is 0 Å². The number of hydrogen-bond acceptors (Lipinski definition) is 4. The van der Waals surface area contributed by atoms with Crippen molar-refractivity contribution in [2.45, 2.75) is 17.4 Å². The number of thioether (sulfide) groups is 1. The molecular formula is C13H14N2S2. The van der Waals surface area contributed by atoms with Gasteiger partial charge in [-0.3, -0.25) is 4.98 Å². The van der Waals surface area contributed by atoms with E-state index in [2.05, 4.69) is 34.6 Å². The first-order valence-corrected chi connectivity index (χ1v) is 7.60. The van der Waals surface area contributed by atoms with E-state index in [1.54, 1.807) is 11.3 Å². The number of aromatic nitrogens is 1. The van der Waals surface area contributed by atoms with Gasteiger partial charge in [0.1, 0.15) is 0 Å².